The molecule has 0 aliphatic rings. The number of rotatable bonds is 4. The third-order valence-electron chi connectivity index (χ3n) is 2.73. The van der Waals surface area contributed by atoms with Gasteiger partial charge in [0.1, 0.15) is 0 Å². The van der Waals surface area contributed by atoms with Crippen molar-refractivity contribution >= 4 is 0 Å². The van der Waals surface area contributed by atoms with Gasteiger partial charge in [-0.3, -0.25) is 0 Å². The van der Waals surface area contributed by atoms with E-state index in [2.05, 4.69) is 13.8 Å². The SMILES string of the molecule is CC(C)C(C)CC(C)C(C)(F)F. The molecular formula is C10H20F2. The van der Waals surface area contributed by atoms with E-state index in [0.29, 0.717) is 18.3 Å². The van der Waals surface area contributed by atoms with Gasteiger partial charge in [0, 0.05) is 5.92 Å². The van der Waals surface area contributed by atoms with Gasteiger partial charge in [-0.05, 0) is 25.2 Å². The molecule has 0 bridgehead atoms. The van der Waals surface area contributed by atoms with Crippen molar-refractivity contribution in [2.75, 3.05) is 0 Å². The fourth-order valence-electron chi connectivity index (χ4n) is 1.04. The van der Waals surface area contributed by atoms with E-state index < -0.39 is 11.8 Å². The summed E-state index contributed by atoms with van der Waals surface area (Å²) in [6.07, 6.45) is 0.612. The average Bonchev–Trinajstić information content (AvgIpc) is 1.85. The second kappa shape index (κ2) is 4.20. The van der Waals surface area contributed by atoms with Gasteiger partial charge in [0.2, 0.25) is 5.92 Å². The Morgan fingerprint density at radius 2 is 1.50 bits per heavy atom. The molecule has 0 fully saturated rings. The Hall–Kier alpha value is -0.140. The molecular weight excluding hydrogens is 158 g/mol. The molecule has 74 valence electrons. The third kappa shape index (κ3) is 4.03. The topological polar surface area (TPSA) is 0 Å². The van der Waals surface area contributed by atoms with Crippen molar-refractivity contribution in [3.05, 3.63) is 0 Å². The van der Waals surface area contributed by atoms with Crippen LogP contribution in [0.25, 0.3) is 0 Å². The van der Waals surface area contributed by atoms with Crippen LogP contribution in [0, 0.1) is 17.8 Å². The summed E-state index contributed by atoms with van der Waals surface area (Å²) in [6.45, 7) is 8.81. The van der Waals surface area contributed by atoms with E-state index in [0.717, 1.165) is 6.92 Å². The zero-order chi connectivity index (χ0) is 9.94. The Bertz CT molecular complexity index is 124. The minimum Gasteiger partial charge on any atom is -0.207 e. The van der Waals surface area contributed by atoms with Crippen molar-refractivity contribution in [2.24, 2.45) is 17.8 Å². The highest BCUT2D eigenvalue weighted by Crippen LogP contribution is 2.30. The lowest BCUT2D eigenvalue weighted by Gasteiger charge is -2.24. The first kappa shape index (κ1) is 11.9. The summed E-state index contributed by atoms with van der Waals surface area (Å²) < 4.78 is 25.5. The van der Waals surface area contributed by atoms with Crippen LogP contribution in [0.5, 0.6) is 0 Å². The predicted molar refractivity (Wildman–Crippen MR) is 48.4 cm³/mol. The van der Waals surface area contributed by atoms with Gasteiger partial charge in [-0.15, -0.1) is 0 Å². The molecule has 0 spiro atoms. The van der Waals surface area contributed by atoms with E-state index in [1.165, 1.54) is 0 Å². The van der Waals surface area contributed by atoms with Crippen LogP contribution >= 0.6 is 0 Å². The van der Waals surface area contributed by atoms with Crippen molar-refractivity contribution in [2.45, 2.75) is 47.0 Å². The van der Waals surface area contributed by atoms with Crippen LogP contribution in [0.2, 0.25) is 0 Å². The number of hydrogen-bond donors (Lipinski definition) is 0. The van der Waals surface area contributed by atoms with Crippen LogP contribution in [-0.2, 0) is 0 Å². The smallest absolute Gasteiger partial charge is 0.207 e. The second-order valence-corrected chi connectivity index (χ2v) is 4.31. The fourth-order valence-corrected chi connectivity index (χ4v) is 1.04. The zero-order valence-electron chi connectivity index (χ0n) is 8.70. The lowest BCUT2D eigenvalue weighted by atomic mass is 9.86. The summed E-state index contributed by atoms with van der Waals surface area (Å²) >= 11 is 0. The molecule has 0 heterocycles. The lowest BCUT2D eigenvalue weighted by molar-refractivity contribution is -0.0420. The van der Waals surface area contributed by atoms with Crippen LogP contribution in [0.15, 0.2) is 0 Å². The molecule has 0 aromatic rings. The molecule has 2 atom stereocenters. The highest BCUT2D eigenvalue weighted by atomic mass is 19.3. The maximum Gasteiger partial charge on any atom is 0.247 e. The molecule has 0 aliphatic heterocycles. The maximum atomic E-state index is 12.7. The highest BCUT2D eigenvalue weighted by Gasteiger charge is 2.31. The maximum absolute atomic E-state index is 12.7. The Kier molecular flexibility index (Phi) is 4.15. The minimum atomic E-state index is -2.52. The van der Waals surface area contributed by atoms with Gasteiger partial charge < -0.3 is 0 Å². The van der Waals surface area contributed by atoms with E-state index in [1.807, 2.05) is 6.92 Å². The Morgan fingerprint density at radius 1 is 1.08 bits per heavy atom. The van der Waals surface area contributed by atoms with Crippen LogP contribution in [0.1, 0.15) is 41.0 Å². The van der Waals surface area contributed by atoms with Gasteiger partial charge >= 0.3 is 0 Å². The molecule has 0 nitrogen and oxygen atoms in total. The molecule has 2 unspecified atom stereocenters. The van der Waals surface area contributed by atoms with Gasteiger partial charge in [-0.2, -0.15) is 0 Å². The molecule has 0 aliphatic carbocycles. The molecule has 0 amide bonds. The second-order valence-electron chi connectivity index (χ2n) is 4.31. The molecule has 0 aromatic heterocycles. The predicted octanol–water partition coefficient (Wildman–Crippen LogP) is 3.96. The monoisotopic (exact) mass is 178 g/mol. The minimum absolute atomic E-state index is 0.380. The van der Waals surface area contributed by atoms with E-state index in [4.69, 9.17) is 0 Å². The molecule has 12 heavy (non-hydrogen) atoms. The number of hydrogen-bond acceptors (Lipinski definition) is 0. The molecule has 0 saturated carbocycles. The van der Waals surface area contributed by atoms with Crippen molar-refractivity contribution in [1.82, 2.24) is 0 Å². The Labute approximate surface area is 74.4 Å². The Morgan fingerprint density at radius 3 is 1.75 bits per heavy atom. The standard InChI is InChI=1S/C10H20F2/c1-7(2)8(3)6-9(4)10(5,11)12/h7-9H,6H2,1-5H3. The van der Waals surface area contributed by atoms with Gasteiger partial charge in [0.05, 0.1) is 0 Å². The summed E-state index contributed by atoms with van der Waals surface area (Å²) in [5, 5.41) is 0. The normalized spacial score (nSPS) is 18.0. The third-order valence-corrected chi connectivity index (χ3v) is 2.73. The lowest BCUT2D eigenvalue weighted by Crippen LogP contribution is -2.24. The van der Waals surface area contributed by atoms with Gasteiger partial charge in [0.15, 0.2) is 0 Å². The van der Waals surface area contributed by atoms with Crippen molar-refractivity contribution < 1.29 is 8.78 Å². The van der Waals surface area contributed by atoms with E-state index in [-0.39, 0.29) is 0 Å². The van der Waals surface area contributed by atoms with Crippen molar-refractivity contribution in [1.29, 1.82) is 0 Å². The highest BCUT2D eigenvalue weighted by molar-refractivity contribution is 4.71. The summed E-state index contributed by atoms with van der Waals surface area (Å²) in [5.74, 6) is -2.15. The van der Waals surface area contributed by atoms with Crippen LogP contribution in [-0.4, -0.2) is 5.92 Å². The van der Waals surface area contributed by atoms with Crippen LogP contribution < -0.4 is 0 Å². The molecule has 2 heteroatoms. The zero-order valence-corrected chi connectivity index (χ0v) is 8.70. The van der Waals surface area contributed by atoms with E-state index in [9.17, 15) is 8.78 Å². The van der Waals surface area contributed by atoms with E-state index >= 15 is 0 Å². The van der Waals surface area contributed by atoms with Crippen LogP contribution in [0.4, 0.5) is 8.78 Å². The molecule has 0 rings (SSSR count). The number of alkyl halides is 2. The fraction of sp³-hybridized carbons (Fsp3) is 1.00. The largest absolute Gasteiger partial charge is 0.247 e. The van der Waals surface area contributed by atoms with Gasteiger partial charge in [-0.25, -0.2) is 8.78 Å². The number of halogens is 2. The van der Waals surface area contributed by atoms with Crippen LogP contribution in [0.3, 0.4) is 0 Å². The first-order chi connectivity index (χ1) is 5.25. The van der Waals surface area contributed by atoms with Gasteiger partial charge in [0.25, 0.3) is 0 Å². The molecule has 0 aromatic carbocycles. The Balaban J connectivity index is 3.93. The average molecular weight is 178 g/mol. The summed E-state index contributed by atoms with van der Waals surface area (Å²) in [7, 11) is 0. The van der Waals surface area contributed by atoms with Crippen molar-refractivity contribution in [3.8, 4) is 0 Å². The summed E-state index contributed by atoms with van der Waals surface area (Å²) in [6, 6.07) is 0. The molecule has 0 saturated heterocycles. The van der Waals surface area contributed by atoms with Gasteiger partial charge in [-0.1, -0.05) is 27.7 Å². The quantitative estimate of drug-likeness (QED) is 0.611. The first-order valence-electron chi connectivity index (χ1n) is 4.63. The molecule has 0 radical (unpaired) electrons. The van der Waals surface area contributed by atoms with Crippen molar-refractivity contribution in [3.63, 3.8) is 0 Å². The first-order valence-corrected chi connectivity index (χ1v) is 4.63. The molecule has 0 N–H and O–H groups in total. The van der Waals surface area contributed by atoms with E-state index in [1.54, 1.807) is 6.92 Å². The summed E-state index contributed by atoms with van der Waals surface area (Å²) in [5.41, 5.74) is 0. The summed E-state index contributed by atoms with van der Waals surface area (Å²) in [4.78, 5) is 0.